The fourth-order valence-corrected chi connectivity index (χ4v) is 2.59. The Morgan fingerprint density at radius 1 is 1.32 bits per heavy atom. The normalized spacial score (nSPS) is 24.1. The van der Waals surface area contributed by atoms with Crippen LogP contribution in [0.25, 0.3) is 0 Å². The largest absolute Gasteiger partial charge is 0.453 e. The second-order valence-electron chi connectivity index (χ2n) is 5.65. The zero-order valence-electron chi connectivity index (χ0n) is 12.4. The van der Waals surface area contributed by atoms with Crippen LogP contribution < -0.4 is 10.6 Å². The van der Waals surface area contributed by atoms with Gasteiger partial charge in [0.15, 0.2) is 0 Å². The second kappa shape index (κ2) is 7.36. The third-order valence-electron chi connectivity index (χ3n) is 3.87. The first-order valence-corrected chi connectivity index (χ1v) is 7.12. The van der Waals surface area contributed by atoms with Crippen LogP contribution in [-0.4, -0.2) is 31.2 Å². The van der Waals surface area contributed by atoms with E-state index in [1.54, 1.807) is 0 Å². The van der Waals surface area contributed by atoms with E-state index in [1.165, 1.54) is 20.0 Å². The molecule has 1 fully saturated rings. The Labute approximate surface area is 115 Å². The molecule has 2 N–H and O–H groups in total. The fourth-order valence-electron chi connectivity index (χ4n) is 2.59. The Morgan fingerprint density at radius 3 is 2.47 bits per heavy atom. The molecule has 3 unspecified atom stereocenters. The smallest absolute Gasteiger partial charge is 0.407 e. The van der Waals surface area contributed by atoms with Gasteiger partial charge in [-0.25, -0.2) is 4.79 Å². The summed E-state index contributed by atoms with van der Waals surface area (Å²) >= 11 is 0. The lowest BCUT2D eigenvalue weighted by Crippen LogP contribution is -2.51. The number of alkyl carbamates (subject to hydrolysis) is 1. The van der Waals surface area contributed by atoms with E-state index in [2.05, 4.69) is 22.3 Å². The quantitative estimate of drug-likeness (QED) is 0.803. The van der Waals surface area contributed by atoms with Crippen LogP contribution in [0.4, 0.5) is 4.79 Å². The summed E-state index contributed by atoms with van der Waals surface area (Å²) in [5.41, 5.74) is 0. The Bertz CT molecular complexity index is 318. The molecule has 3 atom stereocenters. The summed E-state index contributed by atoms with van der Waals surface area (Å²) in [6.45, 7) is 6.00. The Morgan fingerprint density at radius 2 is 2.00 bits per heavy atom. The van der Waals surface area contributed by atoms with Crippen molar-refractivity contribution in [1.29, 1.82) is 0 Å². The summed E-state index contributed by atoms with van der Waals surface area (Å²) in [4.78, 5) is 23.5. The predicted octanol–water partition coefficient (Wildman–Crippen LogP) is 2.06. The average molecular weight is 270 g/mol. The lowest BCUT2D eigenvalue weighted by molar-refractivity contribution is -0.124. The molecule has 110 valence electrons. The van der Waals surface area contributed by atoms with Crippen molar-refractivity contribution in [2.24, 2.45) is 11.8 Å². The predicted molar refractivity (Wildman–Crippen MR) is 73.7 cm³/mol. The van der Waals surface area contributed by atoms with Crippen LogP contribution in [-0.2, 0) is 9.53 Å². The van der Waals surface area contributed by atoms with E-state index >= 15 is 0 Å². The number of rotatable bonds is 5. The molecular formula is C14H26N2O3. The van der Waals surface area contributed by atoms with Crippen molar-refractivity contribution in [3.05, 3.63) is 0 Å². The van der Waals surface area contributed by atoms with Crippen molar-refractivity contribution in [2.45, 2.75) is 58.5 Å². The summed E-state index contributed by atoms with van der Waals surface area (Å²) in [6.07, 6.45) is 3.86. The van der Waals surface area contributed by atoms with Crippen molar-refractivity contribution in [3.8, 4) is 0 Å². The van der Waals surface area contributed by atoms with Gasteiger partial charge in [-0.3, -0.25) is 4.79 Å². The molecule has 5 heteroatoms. The number of hydrogen-bond donors (Lipinski definition) is 2. The van der Waals surface area contributed by atoms with E-state index in [0.29, 0.717) is 0 Å². The van der Waals surface area contributed by atoms with Crippen molar-refractivity contribution in [3.63, 3.8) is 0 Å². The molecular weight excluding hydrogens is 244 g/mol. The second-order valence-corrected chi connectivity index (χ2v) is 5.65. The highest BCUT2D eigenvalue weighted by Gasteiger charge is 2.29. The maximum atomic E-state index is 12.2. The van der Waals surface area contributed by atoms with Gasteiger partial charge in [-0.1, -0.05) is 27.2 Å². The van der Waals surface area contributed by atoms with E-state index in [9.17, 15) is 9.59 Å². The van der Waals surface area contributed by atoms with Crippen LogP contribution in [0, 0.1) is 11.8 Å². The number of hydrogen-bond acceptors (Lipinski definition) is 3. The average Bonchev–Trinajstić information content (AvgIpc) is 2.82. The van der Waals surface area contributed by atoms with Crippen molar-refractivity contribution < 1.29 is 14.3 Å². The summed E-state index contributed by atoms with van der Waals surface area (Å²) in [7, 11) is 1.30. The molecule has 1 aliphatic rings. The third-order valence-corrected chi connectivity index (χ3v) is 3.87. The molecule has 2 amide bonds. The van der Waals surface area contributed by atoms with Gasteiger partial charge in [-0.15, -0.1) is 0 Å². The standard InChI is InChI=1S/C14H26N2O3/c1-5-10-6-7-11(8-10)15-13(17)12(9(2)3)16-14(18)19-4/h9-12H,5-8H2,1-4H3,(H,15,17)(H,16,18). The van der Waals surface area contributed by atoms with Gasteiger partial charge in [-0.05, 0) is 31.1 Å². The molecule has 0 aromatic rings. The van der Waals surface area contributed by atoms with Gasteiger partial charge in [0, 0.05) is 6.04 Å². The molecule has 0 heterocycles. The van der Waals surface area contributed by atoms with Crippen molar-refractivity contribution in [1.82, 2.24) is 10.6 Å². The lowest BCUT2D eigenvalue weighted by atomic mass is 10.0. The number of carbonyl (C=O) groups excluding carboxylic acids is 2. The maximum absolute atomic E-state index is 12.2. The SMILES string of the molecule is CCC1CCC(NC(=O)C(NC(=O)OC)C(C)C)C1. The number of methoxy groups -OCH3 is 1. The Balaban J connectivity index is 2.51. The van der Waals surface area contributed by atoms with Crippen LogP contribution in [0.15, 0.2) is 0 Å². The molecule has 0 radical (unpaired) electrons. The van der Waals surface area contributed by atoms with Crippen LogP contribution in [0.1, 0.15) is 46.5 Å². The van der Waals surface area contributed by atoms with Crippen molar-refractivity contribution in [2.75, 3.05) is 7.11 Å². The lowest BCUT2D eigenvalue weighted by Gasteiger charge is -2.23. The van der Waals surface area contributed by atoms with Gasteiger partial charge >= 0.3 is 6.09 Å². The molecule has 5 nitrogen and oxygen atoms in total. The van der Waals surface area contributed by atoms with Gasteiger partial charge < -0.3 is 15.4 Å². The van der Waals surface area contributed by atoms with E-state index in [0.717, 1.165) is 18.8 Å². The number of ether oxygens (including phenoxy) is 1. The zero-order chi connectivity index (χ0) is 14.4. The zero-order valence-corrected chi connectivity index (χ0v) is 12.4. The topological polar surface area (TPSA) is 67.4 Å². The molecule has 1 saturated carbocycles. The summed E-state index contributed by atoms with van der Waals surface area (Å²) < 4.78 is 4.56. The van der Waals surface area contributed by atoms with Gasteiger partial charge in [-0.2, -0.15) is 0 Å². The minimum Gasteiger partial charge on any atom is -0.453 e. The minimum absolute atomic E-state index is 0.0301. The molecule has 1 rings (SSSR count). The Hall–Kier alpha value is -1.26. The van der Waals surface area contributed by atoms with E-state index in [4.69, 9.17) is 0 Å². The van der Waals surface area contributed by atoms with Gasteiger partial charge in [0.1, 0.15) is 6.04 Å². The number of amides is 2. The molecule has 1 aliphatic carbocycles. The molecule has 19 heavy (non-hydrogen) atoms. The number of nitrogens with one attached hydrogen (secondary N) is 2. The fraction of sp³-hybridized carbons (Fsp3) is 0.857. The molecule has 0 spiro atoms. The summed E-state index contributed by atoms with van der Waals surface area (Å²) in [6, 6.07) is -0.286. The maximum Gasteiger partial charge on any atom is 0.407 e. The van der Waals surface area contributed by atoms with Crippen LogP contribution in [0.2, 0.25) is 0 Å². The van der Waals surface area contributed by atoms with E-state index < -0.39 is 12.1 Å². The monoisotopic (exact) mass is 270 g/mol. The highest BCUT2D eigenvalue weighted by molar-refractivity contribution is 5.86. The minimum atomic E-state index is -0.563. The highest BCUT2D eigenvalue weighted by atomic mass is 16.5. The van der Waals surface area contributed by atoms with Crippen molar-refractivity contribution >= 4 is 12.0 Å². The highest BCUT2D eigenvalue weighted by Crippen LogP contribution is 2.27. The summed E-state index contributed by atoms with van der Waals surface area (Å²) in [5, 5.41) is 5.64. The van der Waals surface area contributed by atoms with E-state index in [-0.39, 0.29) is 17.9 Å². The van der Waals surface area contributed by atoms with E-state index in [1.807, 2.05) is 13.8 Å². The summed E-state index contributed by atoms with van der Waals surface area (Å²) in [5.74, 6) is 0.640. The van der Waals surface area contributed by atoms with Crippen LogP contribution >= 0.6 is 0 Å². The number of carbonyl (C=O) groups is 2. The first-order chi connectivity index (χ1) is 8.97. The third kappa shape index (κ3) is 4.73. The van der Waals surface area contributed by atoms with Gasteiger partial charge in [0.05, 0.1) is 7.11 Å². The first kappa shape index (κ1) is 15.8. The first-order valence-electron chi connectivity index (χ1n) is 7.12. The molecule has 0 bridgehead atoms. The Kier molecular flexibility index (Phi) is 6.12. The molecule has 0 saturated heterocycles. The van der Waals surface area contributed by atoms with Gasteiger partial charge in [0.25, 0.3) is 0 Å². The van der Waals surface area contributed by atoms with Gasteiger partial charge in [0.2, 0.25) is 5.91 Å². The van der Waals surface area contributed by atoms with Crippen LogP contribution in [0.3, 0.4) is 0 Å². The molecule has 0 aromatic heterocycles. The molecule has 0 aromatic carbocycles. The van der Waals surface area contributed by atoms with Crippen LogP contribution in [0.5, 0.6) is 0 Å². The molecule has 0 aliphatic heterocycles.